The highest BCUT2D eigenvalue weighted by atomic mass is 16.5. The predicted molar refractivity (Wildman–Crippen MR) is 103 cm³/mol. The van der Waals surface area contributed by atoms with E-state index in [0.717, 1.165) is 43.7 Å². The summed E-state index contributed by atoms with van der Waals surface area (Å²) in [7, 11) is 0. The van der Waals surface area contributed by atoms with Crippen LogP contribution in [0.5, 0.6) is 0 Å². The molecule has 0 fully saturated rings. The SMILES string of the molecule is CC(C)OCCCNc1nc2c(c(=O)[nH]1)CN(Cc1ccccc1)CC2. The minimum atomic E-state index is -0.0336. The highest BCUT2D eigenvalue weighted by molar-refractivity contribution is 5.31. The van der Waals surface area contributed by atoms with Gasteiger partial charge in [-0.15, -0.1) is 0 Å². The van der Waals surface area contributed by atoms with Crippen molar-refractivity contribution >= 4 is 5.95 Å². The maximum atomic E-state index is 12.5. The molecule has 0 saturated heterocycles. The van der Waals surface area contributed by atoms with Crippen LogP contribution >= 0.6 is 0 Å². The second-order valence-corrected chi connectivity index (χ2v) is 6.99. The molecule has 6 heteroatoms. The highest BCUT2D eigenvalue weighted by Crippen LogP contribution is 2.17. The third-order valence-electron chi connectivity index (χ3n) is 4.46. The average Bonchev–Trinajstić information content (AvgIpc) is 2.62. The second kappa shape index (κ2) is 8.96. The van der Waals surface area contributed by atoms with Crippen LogP contribution in [0.2, 0.25) is 0 Å². The van der Waals surface area contributed by atoms with Crippen molar-refractivity contribution in [1.29, 1.82) is 0 Å². The molecule has 140 valence electrons. The molecule has 1 aromatic heterocycles. The zero-order chi connectivity index (χ0) is 18.4. The largest absolute Gasteiger partial charge is 0.379 e. The van der Waals surface area contributed by atoms with E-state index in [1.165, 1.54) is 5.56 Å². The number of fused-ring (bicyclic) bond motifs is 1. The van der Waals surface area contributed by atoms with E-state index in [1.54, 1.807) is 0 Å². The number of hydrogen-bond donors (Lipinski definition) is 2. The summed E-state index contributed by atoms with van der Waals surface area (Å²) in [5, 5.41) is 3.20. The summed E-state index contributed by atoms with van der Waals surface area (Å²) in [5.41, 5.74) is 2.94. The van der Waals surface area contributed by atoms with Gasteiger partial charge in [-0.3, -0.25) is 14.7 Å². The van der Waals surface area contributed by atoms with E-state index in [2.05, 4.69) is 32.3 Å². The van der Waals surface area contributed by atoms with Gasteiger partial charge >= 0.3 is 0 Å². The number of aromatic nitrogens is 2. The van der Waals surface area contributed by atoms with Gasteiger partial charge in [0.15, 0.2) is 0 Å². The van der Waals surface area contributed by atoms with E-state index in [-0.39, 0.29) is 11.7 Å². The Kier molecular flexibility index (Phi) is 6.41. The molecule has 1 aromatic carbocycles. The van der Waals surface area contributed by atoms with Crippen LogP contribution in [0.25, 0.3) is 0 Å². The Morgan fingerprint density at radius 3 is 2.88 bits per heavy atom. The lowest BCUT2D eigenvalue weighted by Gasteiger charge is -2.27. The van der Waals surface area contributed by atoms with Gasteiger partial charge in [0.05, 0.1) is 17.4 Å². The summed E-state index contributed by atoms with van der Waals surface area (Å²) in [5.74, 6) is 0.565. The van der Waals surface area contributed by atoms with Crippen molar-refractivity contribution in [1.82, 2.24) is 14.9 Å². The molecular formula is C20H28N4O2. The van der Waals surface area contributed by atoms with E-state index in [0.29, 0.717) is 19.1 Å². The number of H-pyrrole nitrogens is 1. The van der Waals surface area contributed by atoms with Crippen LogP contribution in [0, 0.1) is 0 Å². The van der Waals surface area contributed by atoms with Gasteiger partial charge in [-0.1, -0.05) is 30.3 Å². The molecule has 1 aliphatic rings. The molecule has 0 aliphatic carbocycles. The molecule has 26 heavy (non-hydrogen) atoms. The number of rotatable bonds is 8. The topological polar surface area (TPSA) is 70.2 Å². The zero-order valence-corrected chi connectivity index (χ0v) is 15.6. The summed E-state index contributed by atoms with van der Waals surface area (Å²) in [6.45, 7) is 7.90. The lowest BCUT2D eigenvalue weighted by Crippen LogP contribution is -2.35. The Morgan fingerprint density at radius 1 is 1.31 bits per heavy atom. The van der Waals surface area contributed by atoms with E-state index in [4.69, 9.17) is 4.74 Å². The Hall–Kier alpha value is -2.18. The number of nitrogens with zero attached hydrogens (tertiary/aromatic N) is 2. The number of ether oxygens (including phenoxy) is 1. The smallest absolute Gasteiger partial charge is 0.257 e. The van der Waals surface area contributed by atoms with E-state index >= 15 is 0 Å². The van der Waals surface area contributed by atoms with Crippen molar-refractivity contribution in [2.45, 2.75) is 45.9 Å². The summed E-state index contributed by atoms with van der Waals surface area (Å²) in [6.07, 6.45) is 1.93. The lowest BCUT2D eigenvalue weighted by molar-refractivity contribution is 0.0787. The maximum Gasteiger partial charge on any atom is 0.257 e. The van der Waals surface area contributed by atoms with Gasteiger partial charge in [0.2, 0.25) is 5.95 Å². The minimum absolute atomic E-state index is 0.0336. The molecule has 2 heterocycles. The lowest BCUT2D eigenvalue weighted by atomic mass is 10.1. The summed E-state index contributed by atoms with van der Waals surface area (Å²) in [4.78, 5) is 22.3. The van der Waals surface area contributed by atoms with Gasteiger partial charge in [0.1, 0.15) is 0 Å². The van der Waals surface area contributed by atoms with Crippen molar-refractivity contribution < 1.29 is 4.74 Å². The maximum absolute atomic E-state index is 12.5. The number of hydrogen-bond acceptors (Lipinski definition) is 5. The highest BCUT2D eigenvalue weighted by Gasteiger charge is 2.21. The van der Waals surface area contributed by atoms with E-state index < -0.39 is 0 Å². The van der Waals surface area contributed by atoms with E-state index in [1.807, 2.05) is 32.0 Å². The average molecular weight is 356 g/mol. The third-order valence-corrected chi connectivity index (χ3v) is 4.46. The van der Waals surface area contributed by atoms with Crippen LogP contribution in [0.1, 0.15) is 37.1 Å². The molecule has 1 aliphatic heterocycles. The second-order valence-electron chi connectivity index (χ2n) is 6.99. The van der Waals surface area contributed by atoms with Crippen LogP contribution in [-0.2, 0) is 24.2 Å². The van der Waals surface area contributed by atoms with Gasteiger partial charge in [-0.25, -0.2) is 4.98 Å². The van der Waals surface area contributed by atoms with Crippen molar-refractivity contribution in [2.75, 3.05) is 25.0 Å². The molecule has 2 aromatic rings. The van der Waals surface area contributed by atoms with Crippen LogP contribution in [-0.4, -0.2) is 40.7 Å². The summed E-state index contributed by atoms with van der Waals surface area (Å²) in [6, 6.07) is 10.4. The standard InChI is InChI=1S/C20H28N4O2/c1-15(2)26-12-6-10-21-20-22-18-9-11-24(14-17(18)19(25)23-20)13-16-7-4-3-5-8-16/h3-5,7-8,15H,6,9-14H2,1-2H3,(H2,21,22,23,25). The van der Waals surface area contributed by atoms with Crippen LogP contribution in [0.3, 0.4) is 0 Å². The number of nitrogens with one attached hydrogen (secondary N) is 2. The molecule has 0 amide bonds. The van der Waals surface area contributed by atoms with Gasteiger partial charge in [-0.2, -0.15) is 0 Å². The fourth-order valence-electron chi connectivity index (χ4n) is 3.14. The number of benzene rings is 1. The Balaban J connectivity index is 1.57. The van der Waals surface area contributed by atoms with Gasteiger partial charge < -0.3 is 10.1 Å². The fourth-order valence-corrected chi connectivity index (χ4v) is 3.14. The van der Waals surface area contributed by atoms with Crippen molar-refractivity contribution in [3.8, 4) is 0 Å². The summed E-state index contributed by atoms with van der Waals surface area (Å²) < 4.78 is 5.52. The molecule has 0 bridgehead atoms. The molecule has 2 N–H and O–H groups in total. The fraction of sp³-hybridized carbons (Fsp3) is 0.500. The first-order valence-electron chi connectivity index (χ1n) is 9.35. The van der Waals surface area contributed by atoms with Crippen molar-refractivity contribution in [3.05, 3.63) is 57.5 Å². The Morgan fingerprint density at radius 2 is 2.12 bits per heavy atom. The zero-order valence-electron chi connectivity index (χ0n) is 15.6. The predicted octanol–water partition coefficient (Wildman–Crippen LogP) is 2.56. The normalized spacial score (nSPS) is 14.4. The molecule has 3 rings (SSSR count). The number of aromatic amines is 1. The van der Waals surface area contributed by atoms with Crippen LogP contribution < -0.4 is 10.9 Å². The first kappa shape index (κ1) is 18.6. The van der Waals surface area contributed by atoms with Crippen LogP contribution in [0.15, 0.2) is 35.1 Å². The molecule has 0 atom stereocenters. The van der Waals surface area contributed by atoms with Crippen molar-refractivity contribution in [2.24, 2.45) is 0 Å². The first-order valence-corrected chi connectivity index (χ1v) is 9.35. The minimum Gasteiger partial charge on any atom is -0.379 e. The molecular weight excluding hydrogens is 328 g/mol. The molecule has 0 spiro atoms. The quantitative estimate of drug-likeness (QED) is 0.712. The Labute approximate surface area is 154 Å². The van der Waals surface area contributed by atoms with Crippen molar-refractivity contribution in [3.63, 3.8) is 0 Å². The molecule has 0 radical (unpaired) electrons. The van der Waals surface area contributed by atoms with Gasteiger partial charge in [0.25, 0.3) is 5.56 Å². The monoisotopic (exact) mass is 356 g/mol. The first-order chi connectivity index (χ1) is 12.6. The number of anilines is 1. The third kappa shape index (κ3) is 5.16. The summed E-state index contributed by atoms with van der Waals surface area (Å²) >= 11 is 0. The van der Waals surface area contributed by atoms with Gasteiger partial charge in [-0.05, 0) is 25.8 Å². The van der Waals surface area contributed by atoms with E-state index in [9.17, 15) is 4.79 Å². The van der Waals surface area contributed by atoms with Gasteiger partial charge in [0, 0.05) is 39.2 Å². The van der Waals surface area contributed by atoms with Crippen LogP contribution in [0.4, 0.5) is 5.95 Å². The molecule has 0 saturated carbocycles. The molecule has 0 unspecified atom stereocenters. The Bertz CT molecular complexity index is 758. The molecule has 6 nitrogen and oxygen atoms in total.